The van der Waals surface area contributed by atoms with Crippen molar-refractivity contribution >= 4 is 5.96 Å². The van der Waals surface area contributed by atoms with Gasteiger partial charge in [0.15, 0.2) is 5.96 Å². The van der Waals surface area contributed by atoms with E-state index in [4.69, 9.17) is 15.2 Å². The fourth-order valence-electron chi connectivity index (χ4n) is 3.74. The Labute approximate surface area is 166 Å². The minimum Gasteiger partial charge on any atom is -0.493 e. The SMILES string of the molecule is NC(=NCc1cccc(CN2CCOCC2)c1)NC1CCOc2ccccc21. The molecule has 2 aromatic carbocycles. The van der Waals surface area contributed by atoms with E-state index in [1.165, 1.54) is 11.1 Å². The normalized spacial score (nSPS) is 20.3. The van der Waals surface area contributed by atoms with Gasteiger partial charge >= 0.3 is 0 Å². The summed E-state index contributed by atoms with van der Waals surface area (Å²) >= 11 is 0. The second-order valence-electron chi connectivity index (χ2n) is 7.28. The first kappa shape index (κ1) is 18.8. The summed E-state index contributed by atoms with van der Waals surface area (Å²) in [5, 5.41) is 3.35. The number of para-hydroxylation sites is 1. The molecule has 1 unspecified atom stereocenters. The Balaban J connectivity index is 1.35. The maximum Gasteiger partial charge on any atom is 0.189 e. The third-order valence-corrected chi connectivity index (χ3v) is 5.21. The molecular weight excluding hydrogens is 352 g/mol. The van der Waals surface area contributed by atoms with Crippen LogP contribution in [0.5, 0.6) is 5.75 Å². The van der Waals surface area contributed by atoms with Crippen LogP contribution in [0.3, 0.4) is 0 Å². The number of aliphatic imine (C=N–C) groups is 1. The molecule has 28 heavy (non-hydrogen) atoms. The van der Waals surface area contributed by atoms with E-state index in [1.54, 1.807) is 0 Å². The molecular formula is C22H28N4O2. The summed E-state index contributed by atoms with van der Waals surface area (Å²) in [7, 11) is 0. The van der Waals surface area contributed by atoms with Crippen molar-refractivity contribution in [2.24, 2.45) is 10.7 Å². The lowest BCUT2D eigenvalue weighted by Gasteiger charge is -2.27. The van der Waals surface area contributed by atoms with Crippen molar-refractivity contribution in [3.05, 3.63) is 65.2 Å². The number of rotatable bonds is 5. The Kier molecular flexibility index (Phi) is 6.09. The molecule has 2 heterocycles. The Bertz CT molecular complexity index is 818. The van der Waals surface area contributed by atoms with Gasteiger partial charge in [-0.3, -0.25) is 4.90 Å². The van der Waals surface area contributed by atoms with Gasteiger partial charge in [-0.15, -0.1) is 0 Å². The van der Waals surface area contributed by atoms with Crippen LogP contribution in [0, 0.1) is 0 Å². The smallest absolute Gasteiger partial charge is 0.189 e. The Morgan fingerprint density at radius 1 is 1.07 bits per heavy atom. The van der Waals surface area contributed by atoms with Gasteiger partial charge in [-0.2, -0.15) is 0 Å². The summed E-state index contributed by atoms with van der Waals surface area (Å²) in [5.74, 6) is 1.40. The zero-order chi connectivity index (χ0) is 19.2. The van der Waals surface area contributed by atoms with Crippen LogP contribution in [0.15, 0.2) is 53.5 Å². The number of nitrogens with two attached hydrogens (primary N) is 1. The minimum absolute atomic E-state index is 0.140. The van der Waals surface area contributed by atoms with E-state index in [-0.39, 0.29) is 6.04 Å². The second kappa shape index (κ2) is 9.08. The van der Waals surface area contributed by atoms with Crippen LogP contribution in [0.25, 0.3) is 0 Å². The fourth-order valence-corrected chi connectivity index (χ4v) is 3.74. The highest BCUT2D eigenvalue weighted by Crippen LogP contribution is 2.31. The first-order valence-electron chi connectivity index (χ1n) is 9.94. The molecule has 6 heteroatoms. The highest BCUT2D eigenvalue weighted by molar-refractivity contribution is 5.78. The molecule has 6 nitrogen and oxygen atoms in total. The predicted molar refractivity (Wildman–Crippen MR) is 110 cm³/mol. The molecule has 1 fully saturated rings. The van der Waals surface area contributed by atoms with E-state index in [2.05, 4.69) is 45.5 Å². The third-order valence-electron chi connectivity index (χ3n) is 5.21. The summed E-state index contributed by atoms with van der Waals surface area (Å²) in [5.41, 5.74) is 9.79. The number of morpholine rings is 1. The van der Waals surface area contributed by atoms with E-state index in [0.717, 1.165) is 50.6 Å². The highest BCUT2D eigenvalue weighted by Gasteiger charge is 2.21. The lowest BCUT2D eigenvalue weighted by molar-refractivity contribution is 0.0342. The third kappa shape index (κ3) is 4.82. The van der Waals surface area contributed by atoms with Crippen LogP contribution in [0.2, 0.25) is 0 Å². The van der Waals surface area contributed by atoms with Gasteiger partial charge in [-0.05, 0) is 17.2 Å². The quantitative estimate of drug-likeness (QED) is 0.616. The van der Waals surface area contributed by atoms with Crippen LogP contribution in [-0.2, 0) is 17.8 Å². The van der Waals surface area contributed by atoms with E-state index in [0.29, 0.717) is 19.1 Å². The summed E-state index contributed by atoms with van der Waals surface area (Å²) < 4.78 is 11.1. The summed E-state index contributed by atoms with van der Waals surface area (Å²) in [6.45, 7) is 5.83. The van der Waals surface area contributed by atoms with E-state index >= 15 is 0 Å². The average molecular weight is 380 g/mol. The van der Waals surface area contributed by atoms with Gasteiger partial charge in [0.05, 0.1) is 32.4 Å². The van der Waals surface area contributed by atoms with Crippen LogP contribution < -0.4 is 15.8 Å². The van der Waals surface area contributed by atoms with Crippen molar-refractivity contribution in [3.8, 4) is 5.75 Å². The molecule has 2 aliphatic rings. The van der Waals surface area contributed by atoms with Gasteiger partial charge in [0.25, 0.3) is 0 Å². The standard InChI is InChI=1S/C22H28N4O2/c23-22(25-20-8-11-28-21-7-2-1-6-19(20)21)24-15-17-4-3-5-18(14-17)16-26-9-12-27-13-10-26/h1-7,14,20H,8-13,15-16H2,(H3,23,24,25). The largest absolute Gasteiger partial charge is 0.493 e. The van der Waals surface area contributed by atoms with Crippen molar-refractivity contribution in [1.82, 2.24) is 10.2 Å². The molecule has 1 saturated heterocycles. The minimum atomic E-state index is 0.140. The van der Waals surface area contributed by atoms with Crippen molar-refractivity contribution in [2.75, 3.05) is 32.9 Å². The molecule has 4 rings (SSSR count). The summed E-state index contributed by atoms with van der Waals surface area (Å²) in [6.07, 6.45) is 0.877. The van der Waals surface area contributed by atoms with Gasteiger partial charge < -0.3 is 20.5 Å². The lowest BCUT2D eigenvalue weighted by atomic mass is 10.0. The fraction of sp³-hybridized carbons (Fsp3) is 0.409. The van der Waals surface area contributed by atoms with E-state index in [1.807, 2.05) is 18.2 Å². The maximum absolute atomic E-state index is 6.17. The lowest BCUT2D eigenvalue weighted by Crippen LogP contribution is -2.37. The summed E-state index contributed by atoms with van der Waals surface area (Å²) in [4.78, 5) is 6.98. The molecule has 0 aliphatic carbocycles. The molecule has 0 bridgehead atoms. The number of nitrogens with zero attached hydrogens (tertiary/aromatic N) is 2. The van der Waals surface area contributed by atoms with Gasteiger partial charge in [0, 0.05) is 31.6 Å². The van der Waals surface area contributed by atoms with Crippen LogP contribution in [0.1, 0.15) is 29.2 Å². The van der Waals surface area contributed by atoms with Gasteiger partial charge in [0.1, 0.15) is 5.75 Å². The molecule has 2 aromatic rings. The van der Waals surface area contributed by atoms with Gasteiger partial charge in [-0.1, -0.05) is 42.5 Å². The highest BCUT2D eigenvalue weighted by atomic mass is 16.5. The van der Waals surface area contributed by atoms with Crippen molar-refractivity contribution in [3.63, 3.8) is 0 Å². The number of fused-ring (bicyclic) bond motifs is 1. The maximum atomic E-state index is 6.17. The monoisotopic (exact) mass is 380 g/mol. The zero-order valence-corrected chi connectivity index (χ0v) is 16.1. The number of benzene rings is 2. The number of hydrogen-bond donors (Lipinski definition) is 2. The number of ether oxygens (including phenoxy) is 2. The number of hydrogen-bond acceptors (Lipinski definition) is 4. The van der Waals surface area contributed by atoms with E-state index < -0.39 is 0 Å². The molecule has 2 aliphatic heterocycles. The van der Waals surface area contributed by atoms with Crippen molar-refractivity contribution < 1.29 is 9.47 Å². The predicted octanol–water partition coefficient (Wildman–Crippen LogP) is 2.45. The van der Waals surface area contributed by atoms with Crippen LogP contribution in [0.4, 0.5) is 0 Å². The Morgan fingerprint density at radius 3 is 2.79 bits per heavy atom. The van der Waals surface area contributed by atoms with E-state index in [9.17, 15) is 0 Å². The molecule has 148 valence electrons. The topological polar surface area (TPSA) is 72.1 Å². The first-order chi connectivity index (χ1) is 13.8. The molecule has 0 aromatic heterocycles. The van der Waals surface area contributed by atoms with Crippen molar-refractivity contribution in [1.29, 1.82) is 0 Å². The molecule has 0 amide bonds. The Morgan fingerprint density at radius 2 is 1.89 bits per heavy atom. The van der Waals surface area contributed by atoms with Crippen LogP contribution >= 0.6 is 0 Å². The molecule has 0 saturated carbocycles. The van der Waals surface area contributed by atoms with Gasteiger partial charge in [-0.25, -0.2) is 4.99 Å². The first-order valence-corrected chi connectivity index (χ1v) is 9.94. The molecule has 0 spiro atoms. The molecule has 0 radical (unpaired) electrons. The average Bonchev–Trinajstić information content (AvgIpc) is 2.74. The zero-order valence-electron chi connectivity index (χ0n) is 16.1. The second-order valence-corrected chi connectivity index (χ2v) is 7.28. The van der Waals surface area contributed by atoms with Crippen LogP contribution in [-0.4, -0.2) is 43.8 Å². The van der Waals surface area contributed by atoms with Gasteiger partial charge in [0.2, 0.25) is 0 Å². The number of guanidine groups is 1. The molecule has 3 N–H and O–H groups in total. The Hall–Kier alpha value is -2.57. The van der Waals surface area contributed by atoms with Crippen molar-refractivity contribution in [2.45, 2.75) is 25.6 Å². The number of nitrogens with one attached hydrogen (secondary N) is 1. The molecule has 1 atom stereocenters. The summed E-state index contributed by atoms with van der Waals surface area (Å²) in [6, 6.07) is 16.8.